The number of para-hydroxylation sites is 2. The van der Waals surface area contributed by atoms with E-state index in [0.29, 0.717) is 5.92 Å². The Morgan fingerprint density at radius 1 is 1.18 bits per heavy atom. The molecule has 0 amide bonds. The van der Waals surface area contributed by atoms with E-state index in [9.17, 15) is 0 Å². The number of anilines is 1. The molecule has 3 heterocycles. The monoisotopic (exact) mass is 357 g/mol. The van der Waals surface area contributed by atoms with Crippen LogP contribution in [0.1, 0.15) is 5.69 Å². The van der Waals surface area contributed by atoms with Gasteiger partial charge in [0.2, 0.25) is 0 Å². The van der Waals surface area contributed by atoms with E-state index >= 15 is 0 Å². The molecule has 1 saturated heterocycles. The Kier molecular flexibility index (Phi) is 3.33. The van der Waals surface area contributed by atoms with Gasteiger partial charge in [-0.3, -0.25) is 4.68 Å². The Labute approximate surface area is 137 Å². The predicted octanol–water partition coefficient (Wildman–Crippen LogP) is 3.03. The molecule has 22 heavy (non-hydrogen) atoms. The summed E-state index contributed by atoms with van der Waals surface area (Å²) in [5.41, 5.74) is 2.92. The third kappa shape index (κ3) is 2.47. The molecular formula is C16H16BrN5. The molecule has 1 aliphatic heterocycles. The number of hydrogen-bond donors (Lipinski definition) is 0. The van der Waals surface area contributed by atoms with E-state index < -0.39 is 0 Å². The van der Waals surface area contributed by atoms with Crippen LogP contribution in [0, 0.1) is 12.8 Å². The standard InChI is InChI=1S/C16H16BrN5/c1-11-16(20-15-5-3-2-4-14(15)19-11)21-7-12(8-21)9-22-10-13(17)6-18-22/h2-6,10,12H,7-9H2,1H3. The van der Waals surface area contributed by atoms with E-state index in [0.717, 1.165) is 46.7 Å². The minimum absolute atomic E-state index is 0.611. The first-order chi connectivity index (χ1) is 10.7. The molecule has 112 valence electrons. The van der Waals surface area contributed by atoms with E-state index in [1.807, 2.05) is 48.3 Å². The largest absolute Gasteiger partial charge is 0.354 e. The lowest BCUT2D eigenvalue weighted by Crippen LogP contribution is -2.49. The summed E-state index contributed by atoms with van der Waals surface area (Å²) in [4.78, 5) is 11.7. The maximum Gasteiger partial charge on any atom is 0.150 e. The molecule has 1 aliphatic rings. The Balaban J connectivity index is 1.49. The van der Waals surface area contributed by atoms with Crippen LogP contribution in [-0.4, -0.2) is 32.8 Å². The lowest BCUT2D eigenvalue weighted by atomic mass is 10.00. The first kappa shape index (κ1) is 13.7. The van der Waals surface area contributed by atoms with Gasteiger partial charge in [0.1, 0.15) is 0 Å². The molecule has 0 N–H and O–H groups in total. The zero-order valence-electron chi connectivity index (χ0n) is 12.3. The van der Waals surface area contributed by atoms with Crippen LogP contribution in [-0.2, 0) is 6.54 Å². The lowest BCUT2D eigenvalue weighted by Gasteiger charge is -2.40. The maximum absolute atomic E-state index is 4.78. The summed E-state index contributed by atoms with van der Waals surface area (Å²) in [5.74, 6) is 1.62. The van der Waals surface area contributed by atoms with Crippen LogP contribution in [0.25, 0.3) is 11.0 Å². The number of fused-ring (bicyclic) bond motifs is 1. The topological polar surface area (TPSA) is 46.8 Å². The van der Waals surface area contributed by atoms with E-state index in [2.05, 4.69) is 30.9 Å². The van der Waals surface area contributed by atoms with Crippen molar-refractivity contribution in [2.75, 3.05) is 18.0 Å². The summed E-state index contributed by atoms with van der Waals surface area (Å²) < 4.78 is 3.02. The van der Waals surface area contributed by atoms with Crippen molar-refractivity contribution >= 4 is 32.8 Å². The highest BCUT2D eigenvalue weighted by atomic mass is 79.9. The van der Waals surface area contributed by atoms with Crippen LogP contribution in [0.3, 0.4) is 0 Å². The van der Waals surface area contributed by atoms with Crippen LogP contribution in [0.15, 0.2) is 41.1 Å². The molecule has 0 bridgehead atoms. The van der Waals surface area contributed by atoms with Gasteiger partial charge >= 0.3 is 0 Å². The Morgan fingerprint density at radius 3 is 2.59 bits per heavy atom. The summed E-state index contributed by atoms with van der Waals surface area (Å²) >= 11 is 3.43. The minimum Gasteiger partial charge on any atom is -0.354 e. The summed E-state index contributed by atoms with van der Waals surface area (Å²) in [5, 5.41) is 4.32. The molecule has 0 spiro atoms. The Bertz CT molecular complexity index is 822. The third-order valence-corrected chi connectivity index (χ3v) is 4.43. The quantitative estimate of drug-likeness (QED) is 0.722. The van der Waals surface area contributed by atoms with Crippen molar-refractivity contribution in [1.29, 1.82) is 0 Å². The molecule has 4 rings (SSSR count). The molecule has 0 unspecified atom stereocenters. The van der Waals surface area contributed by atoms with Crippen LogP contribution < -0.4 is 4.90 Å². The third-order valence-electron chi connectivity index (χ3n) is 4.02. The molecule has 1 fully saturated rings. The summed E-state index contributed by atoms with van der Waals surface area (Å²) in [6.07, 6.45) is 3.85. The van der Waals surface area contributed by atoms with Gasteiger partial charge < -0.3 is 4.90 Å². The van der Waals surface area contributed by atoms with E-state index in [1.165, 1.54) is 0 Å². The number of benzene rings is 1. The van der Waals surface area contributed by atoms with Gasteiger partial charge in [-0.15, -0.1) is 0 Å². The number of halogens is 1. The second-order valence-electron chi connectivity index (χ2n) is 5.77. The smallest absolute Gasteiger partial charge is 0.150 e. The molecule has 2 aromatic heterocycles. The van der Waals surface area contributed by atoms with Crippen molar-refractivity contribution in [2.45, 2.75) is 13.5 Å². The minimum atomic E-state index is 0.611. The highest BCUT2D eigenvalue weighted by molar-refractivity contribution is 9.10. The molecule has 0 aliphatic carbocycles. The number of aryl methyl sites for hydroxylation is 1. The van der Waals surface area contributed by atoms with Gasteiger partial charge in [-0.05, 0) is 35.0 Å². The van der Waals surface area contributed by atoms with Crippen LogP contribution in [0.5, 0.6) is 0 Å². The van der Waals surface area contributed by atoms with Crippen molar-refractivity contribution < 1.29 is 0 Å². The van der Waals surface area contributed by atoms with Crippen molar-refractivity contribution in [1.82, 2.24) is 19.7 Å². The zero-order valence-corrected chi connectivity index (χ0v) is 13.9. The van der Waals surface area contributed by atoms with Gasteiger partial charge in [0.05, 0.1) is 27.4 Å². The Hall–Kier alpha value is -1.95. The fourth-order valence-corrected chi connectivity index (χ4v) is 3.27. The van der Waals surface area contributed by atoms with Gasteiger partial charge in [-0.1, -0.05) is 12.1 Å². The highest BCUT2D eigenvalue weighted by Gasteiger charge is 2.29. The second-order valence-corrected chi connectivity index (χ2v) is 6.69. The molecule has 0 atom stereocenters. The van der Waals surface area contributed by atoms with E-state index in [-0.39, 0.29) is 0 Å². The van der Waals surface area contributed by atoms with E-state index in [1.54, 1.807) is 0 Å². The van der Waals surface area contributed by atoms with Crippen molar-refractivity contribution in [3.05, 3.63) is 46.8 Å². The van der Waals surface area contributed by atoms with Crippen molar-refractivity contribution in [2.24, 2.45) is 5.92 Å². The lowest BCUT2D eigenvalue weighted by molar-refractivity contribution is 0.340. The Morgan fingerprint density at radius 2 is 1.91 bits per heavy atom. The summed E-state index contributed by atoms with van der Waals surface area (Å²) in [6.45, 7) is 4.99. The number of hydrogen-bond acceptors (Lipinski definition) is 4. The highest BCUT2D eigenvalue weighted by Crippen LogP contribution is 2.27. The van der Waals surface area contributed by atoms with Gasteiger partial charge in [0.15, 0.2) is 5.82 Å². The van der Waals surface area contributed by atoms with Gasteiger partial charge in [0, 0.05) is 31.7 Å². The molecule has 5 nitrogen and oxygen atoms in total. The van der Waals surface area contributed by atoms with Gasteiger partial charge in [-0.2, -0.15) is 5.10 Å². The average molecular weight is 358 g/mol. The first-order valence-electron chi connectivity index (χ1n) is 7.35. The van der Waals surface area contributed by atoms with Crippen LogP contribution >= 0.6 is 15.9 Å². The molecule has 0 saturated carbocycles. The number of aromatic nitrogens is 4. The van der Waals surface area contributed by atoms with Crippen molar-refractivity contribution in [3.8, 4) is 0 Å². The van der Waals surface area contributed by atoms with Crippen LogP contribution in [0.4, 0.5) is 5.82 Å². The first-order valence-corrected chi connectivity index (χ1v) is 8.14. The van der Waals surface area contributed by atoms with E-state index in [4.69, 9.17) is 4.98 Å². The predicted molar refractivity (Wildman–Crippen MR) is 89.9 cm³/mol. The summed E-state index contributed by atoms with van der Waals surface area (Å²) in [7, 11) is 0. The van der Waals surface area contributed by atoms with Crippen molar-refractivity contribution in [3.63, 3.8) is 0 Å². The second kappa shape index (κ2) is 5.35. The normalized spacial score (nSPS) is 15.3. The molecular weight excluding hydrogens is 342 g/mol. The number of rotatable bonds is 3. The molecule has 6 heteroatoms. The average Bonchev–Trinajstić information content (AvgIpc) is 2.87. The molecule has 3 aromatic rings. The zero-order chi connectivity index (χ0) is 15.1. The van der Waals surface area contributed by atoms with Crippen LogP contribution in [0.2, 0.25) is 0 Å². The maximum atomic E-state index is 4.78. The number of nitrogens with zero attached hydrogens (tertiary/aromatic N) is 5. The molecule has 1 aromatic carbocycles. The summed E-state index contributed by atoms with van der Waals surface area (Å²) in [6, 6.07) is 8.03. The van der Waals surface area contributed by atoms with Gasteiger partial charge in [0.25, 0.3) is 0 Å². The molecule has 0 radical (unpaired) electrons. The SMILES string of the molecule is Cc1nc2ccccc2nc1N1CC(Cn2cc(Br)cn2)C1. The fourth-order valence-electron chi connectivity index (χ4n) is 2.94. The fraction of sp³-hybridized carbons (Fsp3) is 0.312. The van der Waals surface area contributed by atoms with Gasteiger partial charge in [-0.25, -0.2) is 9.97 Å².